The van der Waals surface area contributed by atoms with Crippen LogP contribution in [0.2, 0.25) is 5.02 Å². The Morgan fingerprint density at radius 1 is 1.15 bits per heavy atom. The van der Waals surface area contributed by atoms with Gasteiger partial charge in [0.25, 0.3) is 0 Å². The van der Waals surface area contributed by atoms with Gasteiger partial charge in [-0.15, -0.1) is 0 Å². The van der Waals surface area contributed by atoms with Crippen molar-refractivity contribution in [1.29, 1.82) is 0 Å². The topological polar surface area (TPSA) is 3.24 Å². The van der Waals surface area contributed by atoms with Crippen LogP contribution in [0.4, 0.5) is 0 Å². The predicted molar refractivity (Wildman–Crippen MR) is 84.0 cm³/mol. The molecule has 1 aliphatic heterocycles. The quantitative estimate of drug-likeness (QED) is 0.801. The summed E-state index contributed by atoms with van der Waals surface area (Å²) >= 11 is 6.29. The van der Waals surface area contributed by atoms with E-state index >= 15 is 0 Å². The van der Waals surface area contributed by atoms with E-state index in [0.717, 1.165) is 18.1 Å². The van der Waals surface area contributed by atoms with Gasteiger partial charge in [0, 0.05) is 19.2 Å². The molecule has 1 saturated heterocycles. The van der Waals surface area contributed by atoms with Gasteiger partial charge in [-0.05, 0) is 36.4 Å². The van der Waals surface area contributed by atoms with Crippen LogP contribution in [-0.2, 0) is 6.54 Å². The number of benzene rings is 2. The zero-order valence-electron chi connectivity index (χ0n) is 11.6. The second kappa shape index (κ2) is 6.43. The van der Waals surface area contributed by atoms with Gasteiger partial charge >= 0.3 is 0 Å². The molecule has 2 aromatic carbocycles. The van der Waals surface area contributed by atoms with E-state index in [9.17, 15) is 0 Å². The van der Waals surface area contributed by atoms with Gasteiger partial charge in [0.15, 0.2) is 0 Å². The van der Waals surface area contributed by atoms with Crippen LogP contribution in [0.3, 0.4) is 0 Å². The van der Waals surface area contributed by atoms with E-state index in [4.69, 9.17) is 11.6 Å². The molecule has 1 fully saturated rings. The van der Waals surface area contributed by atoms with Crippen molar-refractivity contribution in [3.8, 4) is 0 Å². The van der Waals surface area contributed by atoms with Crippen molar-refractivity contribution in [3.63, 3.8) is 0 Å². The molecule has 0 aliphatic carbocycles. The fourth-order valence-corrected chi connectivity index (χ4v) is 3.32. The lowest BCUT2D eigenvalue weighted by molar-refractivity contribution is 0.200. The fourth-order valence-electron chi connectivity index (χ4n) is 3.04. The highest BCUT2D eigenvalue weighted by molar-refractivity contribution is 6.31. The molecule has 2 heteroatoms. The lowest BCUT2D eigenvalue weighted by Crippen LogP contribution is -2.33. The Morgan fingerprint density at radius 3 is 2.80 bits per heavy atom. The molecule has 20 heavy (non-hydrogen) atoms. The molecule has 1 heterocycles. The second-order valence-corrected chi connectivity index (χ2v) is 5.88. The SMILES string of the molecule is Clc1[c]cccc1C1CCCN(Cc2ccccc2)C1. The van der Waals surface area contributed by atoms with Gasteiger partial charge in [-0.2, -0.15) is 0 Å². The van der Waals surface area contributed by atoms with Crippen LogP contribution in [0.15, 0.2) is 48.5 Å². The maximum Gasteiger partial charge on any atom is 0.0520 e. The maximum atomic E-state index is 6.29. The highest BCUT2D eigenvalue weighted by Crippen LogP contribution is 2.31. The van der Waals surface area contributed by atoms with Gasteiger partial charge in [-0.1, -0.05) is 60.1 Å². The largest absolute Gasteiger partial charge is 0.298 e. The Labute approximate surface area is 126 Å². The van der Waals surface area contributed by atoms with Gasteiger partial charge in [0.05, 0.1) is 5.02 Å². The first-order valence-corrected chi connectivity index (χ1v) is 7.63. The van der Waals surface area contributed by atoms with Crippen LogP contribution in [0.1, 0.15) is 29.9 Å². The van der Waals surface area contributed by atoms with Crippen LogP contribution >= 0.6 is 11.6 Å². The zero-order valence-corrected chi connectivity index (χ0v) is 12.3. The lowest BCUT2D eigenvalue weighted by atomic mass is 9.90. The Kier molecular flexibility index (Phi) is 4.39. The minimum absolute atomic E-state index is 0.539. The van der Waals surface area contributed by atoms with Crippen LogP contribution in [-0.4, -0.2) is 18.0 Å². The smallest absolute Gasteiger partial charge is 0.0520 e. The minimum Gasteiger partial charge on any atom is -0.298 e. The van der Waals surface area contributed by atoms with Gasteiger partial charge in [0.2, 0.25) is 0 Å². The summed E-state index contributed by atoms with van der Waals surface area (Å²) in [4.78, 5) is 2.53. The number of hydrogen-bond donors (Lipinski definition) is 0. The molecule has 1 radical (unpaired) electrons. The average Bonchev–Trinajstić information content (AvgIpc) is 2.49. The third kappa shape index (κ3) is 3.23. The van der Waals surface area contributed by atoms with Crippen LogP contribution < -0.4 is 0 Å². The zero-order chi connectivity index (χ0) is 13.8. The molecule has 0 saturated carbocycles. The van der Waals surface area contributed by atoms with E-state index in [-0.39, 0.29) is 0 Å². The lowest BCUT2D eigenvalue weighted by Gasteiger charge is -2.33. The number of piperidine rings is 1. The van der Waals surface area contributed by atoms with Gasteiger partial charge < -0.3 is 0 Å². The van der Waals surface area contributed by atoms with E-state index in [1.165, 1.54) is 30.5 Å². The molecule has 0 amide bonds. The molecule has 1 atom stereocenters. The van der Waals surface area contributed by atoms with E-state index in [0.29, 0.717) is 5.92 Å². The Morgan fingerprint density at radius 2 is 2.00 bits per heavy atom. The van der Waals surface area contributed by atoms with Gasteiger partial charge in [-0.25, -0.2) is 0 Å². The third-order valence-corrected chi connectivity index (χ3v) is 4.36. The maximum absolute atomic E-state index is 6.29. The van der Waals surface area contributed by atoms with E-state index in [1.807, 2.05) is 12.1 Å². The van der Waals surface area contributed by atoms with Crippen LogP contribution in [0.5, 0.6) is 0 Å². The molecule has 3 rings (SSSR count). The van der Waals surface area contributed by atoms with Crippen molar-refractivity contribution < 1.29 is 0 Å². The molecule has 0 aromatic heterocycles. The second-order valence-electron chi connectivity index (χ2n) is 5.50. The summed E-state index contributed by atoms with van der Waals surface area (Å²) in [6.07, 6.45) is 2.46. The Hall–Kier alpha value is -1.31. The van der Waals surface area contributed by atoms with Crippen molar-refractivity contribution in [3.05, 3.63) is 70.7 Å². The van der Waals surface area contributed by atoms with Crippen molar-refractivity contribution in [2.75, 3.05) is 13.1 Å². The normalized spacial score (nSPS) is 19.9. The van der Waals surface area contributed by atoms with Crippen molar-refractivity contribution >= 4 is 11.6 Å². The standard InChI is InChI=1S/C18H19ClN/c19-18-11-5-4-10-17(18)16-9-6-12-20(14-16)13-15-7-2-1-3-8-15/h1-5,7-8,10,16H,6,9,12-14H2. The summed E-state index contributed by atoms with van der Waals surface area (Å²) in [5.74, 6) is 0.539. The Balaban J connectivity index is 1.69. The summed E-state index contributed by atoms with van der Waals surface area (Å²) in [5.41, 5.74) is 2.64. The number of halogens is 1. The number of nitrogens with zero attached hydrogens (tertiary/aromatic N) is 1. The summed E-state index contributed by atoms with van der Waals surface area (Å²) in [5, 5.41) is 0.791. The van der Waals surface area contributed by atoms with Crippen molar-refractivity contribution in [2.45, 2.75) is 25.3 Å². The highest BCUT2D eigenvalue weighted by atomic mass is 35.5. The highest BCUT2D eigenvalue weighted by Gasteiger charge is 2.22. The summed E-state index contributed by atoms with van der Waals surface area (Å²) in [6.45, 7) is 3.30. The van der Waals surface area contributed by atoms with Crippen LogP contribution in [0.25, 0.3) is 0 Å². The molecule has 0 spiro atoms. The fraction of sp³-hybridized carbons (Fsp3) is 0.333. The molecule has 1 aliphatic rings. The number of likely N-dealkylation sites (tertiary alicyclic amines) is 1. The molecule has 0 N–H and O–H groups in total. The van der Waals surface area contributed by atoms with E-state index < -0.39 is 0 Å². The molecule has 0 bridgehead atoms. The van der Waals surface area contributed by atoms with E-state index in [1.54, 1.807) is 0 Å². The first kappa shape index (κ1) is 13.7. The summed E-state index contributed by atoms with van der Waals surface area (Å²) < 4.78 is 0. The molecule has 2 aromatic rings. The minimum atomic E-state index is 0.539. The Bertz CT molecular complexity index is 552. The first-order valence-electron chi connectivity index (χ1n) is 7.25. The molecule has 1 nitrogen and oxygen atoms in total. The molecule has 103 valence electrons. The van der Waals surface area contributed by atoms with E-state index in [2.05, 4.69) is 47.4 Å². The predicted octanol–water partition coefficient (Wildman–Crippen LogP) is 4.52. The van der Waals surface area contributed by atoms with Gasteiger partial charge in [0.1, 0.15) is 0 Å². The number of rotatable bonds is 3. The first-order chi connectivity index (χ1) is 9.83. The molecule has 1 unspecified atom stereocenters. The summed E-state index contributed by atoms with van der Waals surface area (Å²) in [7, 11) is 0. The molecular weight excluding hydrogens is 266 g/mol. The van der Waals surface area contributed by atoms with Crippen LogP contribution in [0, 0.1) is 6.07 Å². The summed E-state index contributed by atoms with van der Waals surface area (Å²) in [6, 6.07) is 19.9. The van der Waals surface area contributed by atoms with Crippen molar-refractivity contribution in [2.24, 2.45) is 0 Å². The monoisotopic (exact) mass is 284 g/mol. The van der Waals surface area contributed by atoms with Crippen molar-refractivity contribution in [1.82, 2.24) is 4.90 Å². The van der Waals surface area contributed by atoms with Gasteiger partial charge in [-0.3, -0.25) is 4.90 Å². The third-order valence-electron chi connectivity index (χ3n) is 4.03. The molecular formula is C18H19ClN. The average molecular weight is 285 g/mol. The number of hydrogen-bond acceptors (Lipinski definition) is 1.